The zero-order chi connectivity index (χ0) is 13.9. The summed E-state index contributed by atoms with van der Waals surface area (Å²) in [5.74, 6) is 2.20. The Kier molecular flexibility index (Phi) is 3.60. The Hall–Kier alpha value is -2.01. The van der Waals surface area contributed by atoms with Gasteiger partial charge in [-0.3, -0.25) is 0 Å². The van der Waals surface area contributed by atoms with Gasteiger partial charge in [0.2, 0.25) is 6.79 Å². The highest BCUT2D eigenvalue weighted by molar-refractivity contribution is 6.33. The predicted octanol–water partition coefficient (Wildman–Crippen LogP) is 3.03. The number of benzene rings is 1. The van der Waals surface area contributed by atoms with E-state index in [0.29, 0.717) is 17.4 Å². The van der Waals surface area contributed by atoms with E-state index in [1.807, 2.05) is 25.1 Å². The van der Waals surface area contributed by atoms with Crippen molar-refractivity contribution in [2.24, 2.45) is 0 Å². The second-order valence-electron chi connectivity index (χ2n) is 4.38. The molecule has 0 spiro atoms. The van der Waals surface area contributed by atoms with Crippen LogP contribution in [0.25, 0.3) is 0 Å². The van der Waals surface area contributed by atoms with E-state index in [1.165, 1.54) is 6.33 Å². The van der Waals surface area contributed by atoms with Crippen LogP contribution in [-0.2, 0) is 13.0 Å². The van der Waals surface area contributed by atoms with Crippen LogP contribution in [0.2, 0.25) is 5.02 Å². The van der Waals surface area contributed by atoms with Crippen LogP contribution in [0.5, 0.6) is 11.5 Å². The Morgan fingerprint density at radius 3 is 2.95 bits per heavy atom. The normalized spacial score (nSPS) is 12.5. The average molecular weight is 292 g/mol. The molecule has 0 atom stereocenters. The van der Waals surface area contributed by atoms with Crippen molar-refractivity contribution in [1.82, 2.24) is 9.97 Å². The molecule has 0 amide bonds. The van der Waals surface area contributed by atoms with Crippen LogP contribution in [0.15, 0.2) is 24.5 Å². The summed E-state index contributed by atoms with van der Waals surface area (Å²) in [6.45, 7) is 2.90. The number of aryl methyl sites for hydroxylation is 1. The molecule has 104 valence electrons. The molecule has 0 bridgehead atoms. The molecule has 6 heteroatoms. The number of nitrogens with one attached hydrogen (secondary N) is 1. The predicted molar refractivity (Wildman–Crippen MR) is 76.3 cm³/mol. The van der Waals surface area contributed by atoms with Crippen LogP contribution in [0.4, 0.5) is 5.82 Å². The van der Waals surface area contributed by atoms with Gasteiger partial charge in [-0.2, -0.15) is 0 Å². The maximum Gasteiger partial charge on any atom is 0.231 e. The quantitative estimate of drug-likeness (QED) is 0.938. The minimum atomic E-state index is 0.282. The minimum Gasteiger partial charge on any atom is -0.454 e. The van der Waals surface area contributed by atoms with E-state index in [-0.39, 0.29) is 6.79 Å². The van der Waals surface area contributed by atoms with Crippen LogP contribution in [0.1, 0.15) is 18.2 Å². The Labute approximate surface area is 121 Å². The summed E-state index contributed by atoms with van der Waals surface area (Å²) in [5, 5.41) is 3.80. The second kappa shape index (κ2) is 5.54. The molecule has 1 aliphatic rings. The molecule has 0 unspecified atom stereocenters. The van der Waals surface area contributed by atoms with E-state index < -0.39 is 0 Å². The van der Waals surface area contributed by atoms with Crippen LogP contribution in [-0.4, -0.2) is 16.8 Å². The molecule has 0 radical (unpaired) electrons. The first-order valence-electron chi connectivity index (χ1n) is 6.39. The van der Waals surface area contributed by atoms with Crippen molar-refractivity contribution in [3.05, 3.63) is 40.8 Å². The number of ether oxygens (including phenoxy) is 2. The van der Waals surface area contributed by atoms with E-state index >= 15 is 0 Å². The summed E-state index contributed by atoms with van der Waals surface area (Å²) in [6, 6.07) is 5.83. The van der Waals surface area contributed by atoms with E-state index in [1.54, 1.807) is 0 Å². The molecule has 0 fully saturated rings. The molecular weight excluding hydrogens is 278 g/mol. The second-order valence-corrected chi connectivity index (χ2v) is 4.76. The van der Waals surface area contributed by atoms with Gasteiger partial charge in [-0.25, -0.2) is 9.97 Å². The Balaban J connectivity index is 1.73. The highest BCUT2D eigenvalue weighted by Crippen LogP contribution is 2.32. The van der Waals surface area contributed by atoms with E-state index in [9.17, 15) is 0 Å². The molecule has 0 saturated carbocycles. The largest absolute Gasteiger partial charge is 0.454 e. The molecule has 1 N–H and O–H groups in total. The first-order chi connectivity index (χ1) is 9.78. The first-order valence-corrected chi connectivity index (χ1v) is 6.77. The molecule has 2 heterocycles. The van der Waals surface area contributed by atoms with Crippen LogP contribution in [0.3, 0.4) is 0 Å². The fraction of sp³-hybridized carbons (Fsp3) is 0.286. The zero-order valence-corrected chi connectivity index (χ0v) is 11.8. The average Bonchev–Trinajstić information content (AvgIpc) is 2.93. The van der Waals surface area contributed by atoms with E-state index in [0.717, 1.165) is 29.2 Å². The fourth-order valence-corrected chi connectivity index (χ4v) is 2.31. The van der Waals surface area contributed by atoms with Gasteiger partial charge in [-0.15, -0.1) is 0 Å². The molecule has 1 aliphatic heterocycles. The lowest BCUT2D eigenvalue weighted by molar-refractivity contribution is 0.174. The van der Waals surface area contributed by atoms with Gasteiger partial charge < -0.3 is 14.8 Å². The molecule has 20 heavy (non-hydrogen) atoms. The fourth-order valence-electron chi connectivity index (χ4n) is 2.01. The maximum atomic E-state index is 6.24. The number of fused-ring (bicyclic) bond motifs is 1. The zero-order valence-electron chi connectivity index (χ0n) is 11.0. The van der Waals surface area contributed by atoms with Crippen LogP contribution < -0.4 is 14.8 Å². The van der Waals surface area contributed by atoms with Crippen molar-refractivity contribution in [2.75, 3.05) is 12.1 Å². The number of rotatable bonds is 4. The minimum absolute atomic E-state index is 0.282. The monoisotopic (exact) mass is 291 g/mol. The summed E-state index contributed by atoms with van der Waals surface area (Å²) in [5.41, 5.74) is 1.91. The van der Waals surface area contributed by atoms with Gasteiger partial charge in [0.15, 0.2) is 11.5 Å². The summed E-state index contributed by atoms with van der Waals surface area (Å²) in [6.07, 6.45) is 2.30. The van der Waals surface area contributed by atoms with Gasteiger partial charge in [-0.05, 0) is 24.1 Å². The number of nitrogens with zero attached hydrogens (tertiary/aromatic N) is 2. The topological polar surface area (TPSA) is 56.3 Å². The van der Waals surface area contributed by atoms with Crippen molar-refractivity contribution in [2.45, 2.75) is 19.9 Å². The molecule has 5 nitrogen and oxygen atoms in total. The first kappa shape index (κ1) is 13.0. The molecule has 1 aromatic heterocycles. The SMILES string of the molecule is CCc1ncnc(NCc2ccc3c(c2)OCO3)c1Cl. The number of anilines is 1. The highest BCUT2D eigenvalue weighted by Gasteiger charge is 2.13. The van der Waals surface area contributed by atoms with Crippen molar-refractivity contribution in [3.8, 4) is 11.5 Å². The van der Waals surface area contributed by atoms with Gasteiger partial charge in [0.05, 0.1) is 5.69 Å². The lowest BCUT2D eigenvalue weighted by Crippen LogP contribution is -2.04. The lowest BCUT2D eigenvalue weighted by Gasteiger charge is -2.09. The maximum absolute atomic E-state index is 6.24. The number of aromatic nitrogens is 2. The summed E-state index contributed by atoms with van der Waals surface area (Å²) < 4.78 is 10.6. The van der Waals surface area contributed by atoms with Crippen molar-refractivity contribution in [3.63, 3.8) is 0 Å². The van der Waals surface area contributed by atoms with E-state index in [4.69, 9.17) is 21.1 Å². The molecular formula is C14H14ClN3O2. The van der Waals surface area contributed by atoms with Gasteiger partial charge in [0.25, 0.3) is 0 Å². The van der Waals surface area contributed by atoms with Crippen LogP contribution >= 0.6 is 11.6 Å². The summed E-state index contributed by atoms with van der Waals surface area (Å²) in [4.78, 5) is 8.30. The van der Waals surface area contributed by atoms with Crippen molar-refractivity contribution >= 4 is 17.4 Å². The summed E-state index contributed by atoms with van der Waals surface area (Å²) in [7, 11) is 0. The molecule has 1 aromatic carbocycles. The highest BCUT2D eigenvalue weighted by atomic mass is 35.5. The molecule has 0 saturated heterocycles. The Morgan fingerprint density at radius 2 is 2.10 bits per heavy atom. The third kappa shape index (κ3) is 2.49. The molecule has 3 rings (SSSR count). The lowest BCUT2D eigenvalue weighted by atomic mass is 10.2. The van der Waals surface area contributed by atoms with Crippen molar-refractivity contribution < 1.29 is 9.47 Å². The molecule has 0 aliphatic carbocycles. The van der Waals surface area contributed by atoms with Crippen LogP contribution in [0, 0.1) is 0 Å². The number of hydrogen-bond donors (Lipinski definition) is 1. The number of halogens is 1. The van der Waals surface area contributed by atoms with E-state index in [2.05, 4.69) is 15.3 Å². The number of hydrogen-bond acceptors (Lipinski definition) is 5. The van der Waals surface area contributed by atoms with Crippen molar-refractivity contribution in [1.29, 1.82) is 0 Å². The van der Waals surface area contributed by atoms with Gasteiger partial charge in [0.1, 0.15) is 17.2 Å². The van der Waals surface area contributed by atoms with Gasteiger partial charge in [0, 0.05) is 6.54 Å². The third-order valence-corrected chi connectivity index (χ3v) is 3.49. The summed E-state index contributed by atoms with van der Waals surface area (Å²) >= 11 is 6.24. The molecule has 2 aromatic rings. The standard InChI is InChI=1S/C14H14ClN3O2/c1-2-10-13(15)14(18-7-17-10)16-6-9-3-4-11-12(5-9)20-8-19-11/h3-5,7H,2,6,8H2,1H3,(H,16,17,18). The smallest absolute Gasteiger partial charge is 0.231 e. The van der Waals surface area contributed by atoms with Gasteiger partial charge in [-0.1, -0.05) is 24.6 Å². The Bertz CT molecular complexity index is 634. The Morgan fingerprint density at radius 1 is 1.25 bits per heavy atom. The van der Waals surface area contributed by atoms with Gasteiger partial charge >= 0.3 is 0 Å². The third-order valence-electron chi connectivity index (χ3n) is 3.09.